The van der Waals surface area contributed by atoms with Crippen molar-refractivity contribution < 1.29 is 9.53 Å². The number of hydrogen-bond donors (Lipinski definition) is 1. The Morgan fingerprint density at radius 2 is 2.19 bits per heavy atom. The number of ether oxygens (including phenoxy) is 1. The van der Waals surface area contributed by atoms with Gasteiger partial charge in [-0.1, -0.05) is 12.1 Å². The molecule has 0 radical (unpaired) electrons. The van der Waals surface area contributed by atoms with Crippen LogP contribution in [0.3, 0.4) is 0 Å². The third-order valence-electron chi connectivity index (χ3n) is 2.48. The van der Waals surface area contributed by atoms with E-state index >= 15 is 0 Å². The summed E-state index contributed by atoms with van der Waals surface area (Å²) < 4.78 is 5.17. The maximum Gasteiger partial charge on any atom is 0.236 e. The maximum absolute atomic E-state index is 11.3. The molecule has 0 saturated carbocycles. The van der Waals surface area contributed by atoms with Crippen molar-refractivity contribution >= 4 is 5.91 Å². The Morgan fingerprint density at radius 1 is 1.50 bits per heavy atom. The first kappa shape index (κ1) is 12.5. The average molecular weight is 222 g/mol. The Hall–Kier alpha value is -1.55. The van der Waals surface area contributed by atoms with Crippen LogP contribution >= 0.6 is 0 Å². The molecule has 0 heterocycles. The maximum atomic E-state index is 11.3. The summed E-state index contributed by atoms with van der Waals surface area (Å²) in [6.45, 7) is 2.60. The molecule has 1 rings (SSSR count). The number of likely N-dealkylation sites (N-methyl/N-ethyl adjacent to an activating group) is 1. The largest absolute Gasteiger partial charge is 0.496 e. The van der Waals surface area contributed by atoms with Crippen LogP contribution in [-0.2, 0) is 11.3 Å². The molecule has 1 aromatic carbocycles. The van der Waals surface area contributed by atoms with Gasteiger partial charge in [-0.05, 0) is 24.1 Å². The zero-order valence-electron chi connectivity index (χ0n) is 9.99. The van der Waals surface area contributed by atoms with E-state index in [1.807, 2.05) is 25.1 Å². The number of rotatable bonds is 4. The van der Waals surface area contributed by atoms with Crippen LogP contribution in [0.1, 0.15) is 11.1 Å². The molecule has 1 amide bonds. The topological polar surface area (TPSA) is 55.6 Å². The Balaban J connectivity index is 2.75. The number of benzene rings is 1. The van der Waals surface area contributed by atoms with Gasteiger partial charge in [-0.2, -0.15) is 0 Å². The van der Waals surface area contributed by atoms with Crippen molar-refractivity contribution in [3.05, 3.63) is 29.3 Å². The molecule has 0 aliphatic carbocycles. The van der Waals surface area contributed by atoms with E-state index in [-0.39, 0.29) is 12.5 Å². The lowest BCUT2D eigenvalue weighted by atomic mass is 10.1. The van der Waals surface area contributed by atoms with Crippen LogP contribution in [0.5, 0.6) is 5.75 Å². The molecule has 0 bridgehead atoms. The van der Waals surface area contributed by atoms with Gasteiger partial charge in [0.2, 0.25) is 5.91 Å². The van der Waals surface area contributed by atoms with Gasteiger partial charge in [-0.3, -0.25) is 4.79 Å². The summed E-state index contributed by atoms with van der Waals surface area (Å²) in [7, 11) is 3.39. The third kappa shape index (κ3) is 2.97. The van der Waals surface area contributed by atoms with Crippen molar-refractivity contribution in [3.63, 3.8) is 0 Å². The lowest BCUT2D eigenvalue weighted by molar-refractivity contribution is -0.128. The summed E-state index contributed by atoms with van der Waals surface area (Å²) >= 11 is 0. The van der Waals surface area contributed by atoms with E-state index in [9.17, 15) is 4.79 Å². The molecule has 2 N–H and O–H groups in total. The van der Waals surface area contributed by atoms with Crippen molar-refractivity contribution in [1.29, 1.82) is 0 Å². The minimum Gasteiger partial charge on any atom is -0.496 e. The van der Waals surface area contributed by atoms with E-state index in [1.54, 1.807) is 19.1 Å². The van der Waals surface area contributed by atoms with Crippen molar-refractivity contribution in [2.75, 3.05) is 20.7 Å². The van der Waals surface area contributed by atoms with Gasteiger partial charge in [0, 0.05) is 13.6 Å². The Bertz CT molecular complexity index is 377. The van der Waals surface area contributed by atoms with Crippen LogP contribution in [0.4, 0.5) is 0 Å². The van der Waals surface area contributed by atoms with E-state index in [2.05, 4.69) is 0 Å². The van der Waals surface area contributed by atoms with Crippen LogP contribution in [0.15, 0.2) is 18.2 Å². The van der Waals surface area contributed by atoms with Gasteiger partial charge in [-0.15, -0.1) is 0 Å². The van der Waals surface area contributed by atoms with Crippen LogP contribution in [0, 0.1) is 6.92 Å². The SMILES string of the molecule is COc1ccc(CN(C)C(=O)CN)cc1C. The number of carbonyl (C=O) groups is 1. The predicted octanol–water partition coefficient (Wildman–Crippen LogP) is 0.921. The quantitative estimate of drug-likeness (QED) is 0.824. The summed E-state index contributed by atoms with van der Waals surface area (Å²) in [4.78, 5) is 12.9. The standard InChI is InChI=1S/C12H18N2O2/c1-9-6-10(4-5-11(9)16-3)8-14(2)12(15)7-13/h4-6H,7-8,13H2,1-3H3. The fourth-order valence-electron chi connectivity index (χ4n) is 1.56. The Kier molecular flexibility index (Phi) is 4.31. The third-order valence-corrected chi connectivity index (χ3v) is 2.48. The van der Waals surface area contributed by atoms with Crippen LogP contribution < -0.4 is 10.5 Å². The molecule has 0 spiro atoms. The van der Waals surface area contributed by atoms with Gasteiger partial charge in [0.05, 0.1) is 13.7 Å². The molecule has 0 saturated heterocycles. The Labute approximate surface area is 96.0 Å². The highest BCUT2D eigenvalue weighted by Crippen LogP contribution is 2.19. The van der Waals surface area contributed by atoms with E-state index in [0.29, 0.717) is 6.54 Å². The fraction of sp³-hybridized carbons (Fsp3) is 0.417. The first-order valence-electron chi connectivity index (χ1n) is 5.16. The number of carbonyl (C=O) groups excluding carboxylic acids is 1. The number of hydrogen-bond acceptors (Lipinski definition) is 3. The highest BCUT2D eigenvalue weighted by Gasteiger charge is 2.07. The molecule has 16 heavy (non-hydrogen) atoms. The summed E-state index contributed by atoms with van der Waals surface area (Å²) in [5, 5.41) is 0. The molecule has 1 aromatic rings. The minimum absolute atomic E-state index is 0.0473. The summed E-state index contributed by atoms with van der Waals surface area (Å²) in [5.74, 6) is 0.796. The molecule has 0 atom stereocenters. The zero-order chi connectivity index (χ0) is 12.1. The van der Waals surface area contributed by atoms with Crippen molar-refractivity contribution in [2.24, 2.45) is 5.73 Å². The number of nitrogens with two attached hydrogens (primary N) is 1. The van der Waals surface area contributed by atoms with Crippen molar-refractivity contribution in [3.8, 4) is 5.75 Å². The number of amides is 1. The van der Waals surface area contributed by atoms with Gasteiger partial charge in [0.15, 0.2) is 0 Å². The van der Waals surface area contributed by atoms with E-state index in [0.717, 1.165) is 16.9 Å². The van der Waals surface area contributed by atoms with Gasteiger partial charge < -0.3 is 15.4 Å². The zero-order valence-corrected chi connectivity index (χ0v) is 9.99. The molecule has 0 unspecified atom stereocenters. The first-order chi connectivity index (χ1) is 7.58. The number of methoxy groups -OCH3 is 1. The van der Waals surface area contributed by atoms with Crippen molar-refractivity contribution in [2.45, 2.75) is 13.5 Å². The molecule has 0 aliphatic heterocycles. The Morgan fingerprint density at radius 3 is 2.69 bits per heavy atom. The van der Waals surface area contributed by atoms with E-state index in [4.69, 9.17) is 10.5 Å². The van der Waals surface area contributed by atoms with Gasteiger partial charge >= 0.3 is 0 Å². The molecular weight excluding hydrogens is 204 g/mol. The molecule has 88 valence electrons. The number of nitrogens with zero attached hydrogens (tertiary/aromatic N) is 1. The first-order valence-corrected chi connectivity index (χ1v) is 5.16. The van der Waals surface area contributed by atoms with Gasteiger partial charge in [0.1, 0.15) is 5.75 Å². The summed E-state index contributed by atoms with van der Waals surface area (Å²) in [6.07, 6.45) is 0. The molecule has 4 nitrogen and oxygen atoms in total. The van der Waals surface area contributed by atoms with Crippen LogP contribution in [-0.4, -0.2) is 31.5 Å². The molecule has 0 fully saturated rings. The second kappa shape index (κ2) is 5.51. The minimum atomic E-state index is -0.0616. The lowest BCUT2D eigenvalue weighted by Crippen LogP contribution is -2.32. The molecule has 4 heteroatoms. The normalized spacial score (nSPS) is 10.0. The van der Waals surface area contributed by atoms with E-state index < -0.39 is 0 Å². The molecule has 0 aliphatic rings. The second-order valence-electron chi connectivity index (χ2n) is 3.76. The summed E-state index contributed by atoms with van der Waals surface area (Å²) in [5.41, 5.74) is 7.43. The number of aryl methyl sites for hydroxylation is 1. The second-order valence-corrected chi connectivity index (χ2v) is 3.76. The smallest absolute Gasteiger partial charge is 0.236 e. The lowest BCUT2D eigenvalue weighted by Gasteiger charge is -2.17. The van der Waals surface area contributed by atoms with Gasteiger partial charge in [0.25, 0.3) is 0 Å². The molecule has 0 aromatic heterocycles. The molecular formula is C12H18N2O2. The van der Waals surface area contributed by atoms with E-state index in [1.165, 1.54) is 0 Å². The van der Waals surface area contributed by atoms with Crippen LogP contribution in [0.2, 0.25) is 0 Å². The van der Waals surface area contributed by atoms with Gasteiger partial charge in [-0.25, -0.2) is 0 Å². The average Bonchev–Trinajstić information content (AvgIpc) is 2.28. The highest BCUT2D eigenvalue weighted by molar-refractivity contribution is 5.77. The van der Waals surface area contributed by atoms with Crippen LogP contribution in [0.25, 0.3) is 0 Å². The summed E-state index contributed by atoms with van der Waals surface area (Å²) in [6, 6.07) is 5.87. The fourth-order valence-corrected chi connectivity index (χ4v) is 1.56. The predicted molar refractivity (Wildman–Crippen MR) is 63.3 cm³/mol. The van der Waals surface area contributed by atoms with Crippen molar-refractivity contribution in [1.82, 2.24) is 4.90 Å². The monoisotopic (exact) mass is 222 g/mol. The highest BCUT2D eigenvalue weighted by atomic mass is 16.5.